The molecule has 2 heterocycles. The minimum Gasteiger partial charge on any atom is -0.368 e. The Kier molecular flexibility index (Phi) is 4.99. The summed E-state index contributed by atoms with van der Waals surface area (Å²) in [6, 6.07) is 9.17. The summed E-state index contributed by atoms with van der Waals surface area (Å²) in [5.74, 6) is 0.00988. The van der Waals surface area contributed by atoms with Gasteiger partial charge in [-0.25, -0.2) is 8.42 Å². The Hall–Kier alpha value is -1.44. The lowest BCUT2D eigenvalue weighted by Gasteiger charge is -2.35. The van der Waals surface area contributed by atoms with Crippen molar-refractivity contribution >= 4 is 15.9 Å². The van der Waals surface area contributed by atoms with Crippen LogP contribution in [0.3, 0.4) is 0 Å². The number of hydrogen-bond acceptors (Lipinski definition) is 4. The summed E-state index contributed by atoms with van der Waals surface area (Å²) in [7, 11) is -3.34. The average Bonchev–Trinajstić information content (AvgIpc) is 3.09. The van der Waals surface area contributed by atoms with E-state index >= 15 is 0 Å². The predicted molar refractivity (Wildman–Crippen MR) is 86.2 cm³/mol. The molecule has 7 heteroatoms. The van der Waals surface area contributed by atoms with Gasteiger partial charge in [-0.2, -0.15) is 4.31 Å². The van der Waals surface area contributed by atoms with Gasteiger partial charge in [0.25, 0.3) is 5.91 Å². The third-order valence-electron chi connectivity index (χ3n) is 4.34. The van der Waals surface area contributed by atoms with Gasteiger partial charge in [0.2, 0.25) is 10.0 Å². The number of piperazine rings is 1. The maximum Gasteiger partial charge on any atom is 0.251 e. The largest absolute Gasteiger partial charge is 0.368 e. The maximum absolute atomic E-state index is 12.5. The summed E-state index contributed by atoms with van der Waals surface area (Å²) in [5.41, 5.74) is 0.783. The zero-order valence-electron chi connectivity index (χ0n) is 13.1. The van der Waals surface area contributed by atoms with Gasteiger partial charge in [-0.3, -0.25) is 4.79 Å². The van der Waals surface area contributed by atoms with E-state index in [2.05, 4.69) is 0 Å². The van der Waals surface area contributed by atoms with E-state index in [1.807, 2.05) is 30.3 Å². The third kappa shape index (κ3) is 3.91. The number of hydrogen-bond donors (Lipinski definition) is 0. The second-order valence-electron chi connectivity index (χ2n) is 5.97. The van der Waals surface area contributed by atoms with Crippen molar-refractivity contribution in [1.82, 2.24) is 9.21 Å². The van der Waals surface area contributed by atoms with E-state index in [4.69, 9.17) is 4.74 Å². The first-order valence-electron chi connectivity index (χ1n) is 7.98. The minimum absolute atomic E-state index is 0.00241. The predicted octanol–water partition coefficient (Wildman–Crippen LogP) is 0.840. The molecular weight excluding hydrogens is 316 g/mol. The summed E-state index contributed by atoms with van der Waals surface area (Å²) in [4.78, 5) is 14.0. The van der Waals surface area contributed by atoms with Crippen molar-refractivity contribution in [2.24, 2.45) is 0 Å². The molecule has 0 aromatic heterocycles. The molecule has 23 heavy (non-hydrogen) atoms. The molecular formula is C16H22N2O4S. The third-order valence-corrected chi connectivity index (χ3v) is 6.19. The monoisotopic (exact) mass is 338 g/mol. The fourth-order valence-electron chi connectivity index (χ4n) is 3.04. The molecule has 2 fully saturated rings. The highest BCUT2D eigenvalue weighted by Crippen LogP contribution is 2.18. The fourth-order valence-corrected chi connectivity index (χ4v) is 4.55. The van der Waals surface area contributed by atoms with Crippen LogP contribution >= 0.6 is 0 Å². The van der Waals surface area contributed by atoms with E-state index in [0.717, 1.165) is 18.4 Å². The zero-order valence-corrected chi connectivity index (χ0v) is 13.9. The maximum atomic E-state index is 12.5. The Labute approximate surface area is 137 Å². The number of rotatable bonds is 4. The summed E-state index contributed by atoms with van der Waals surface area (Å²) < 4.78 is 31.9. The quantitative estimate of drug-likeness (QED) is 0.816. The molecule has 0 bridgehead atoms. The highest BCUT2D eigenvalue weighted by Gasteiger charge is 2.33. The lowest BCUT2D eigenvalue weighted by Crippen LogP contribution is -2.52. The molecule has 0 aliphatic carbocycles. The van der Waals surface area contributed by atoms with Crippen LogP contribution in [0.5, 0.6) is 0 Å². The first-order valence-corrected chi connectivity index (χ1v) is 9.59. The Morgan fingerprint density at radius 3 is 2.43 bits per heavy atom. The van der Waals surface area contributed by atoms with Gasteiger partial charge in [0.15, 0.2) is 0 Å². The van der Waals surface area contributed by atoms with Gasteiger partial charge >= 0.3 is 0 Å². The van der Waals surface area contributed by atoms with E-state index < -0.39 is 10.0 Å². The van der Waals surface area contributed by atoms with Crippen LogP contribution in [-0.4, -0.2) is 62.4 Å². The van der Waals surface area contributed by atoms with Crippen LogP contribution in [0.15, 0.2) is 30.3 Å². The highest BCUT2D eigenvalue weighted by molar-refractivity contribution is 7.88. The van der Waals surface area contributed by atoms with Gasteiger partial charge in [-0.1, -0.05) is 30.3 Å². The average molecular weight is 338 g/mol. The molecule has 1 atom stereocenters. The van der Waals surface area contributed by atoms with E-state index in [1.54, 1.807) is 4.90 Å². The van der Waals surface area contributed by atoms with Crippen LogP contribution in [0.4, 0.5) is 0 Å². The van der Waals surface area contributed by atoms with Gasteiger partial charge in [-0.05, 0) is 18.4 Å². The lowest BCUT2D eigenvalue weighted by molar-refractivity contribution is -0.142. The molecule has 1 aromatic carbocycles. The summed E-state index contributed by atoms with van der Waals surface area (Å²) >= 11 is 0. The molecule has 126 valence electrons. The van der Waals surface area contributed by atoms with Gasteiger partial charge in [0, 0.05) is 32.8 Å². The highest BCUT2D eigenvalue weighted by atomic mass is 32.2. The van der Waals surface area contributed by atoms with Crippen molar-refractivity contribution in [1.29, 1.82) is 0 Å². The van der Waals surface area contributed by atoms with Gasteiger partial charge in [0.1, 0.15) is 6.10 Å². The number of carbonyl (C=O) groups excluding carboxylic acids is 1. The number of nitrogens with zero attached hydrogens (tertiary/aromatic N) is 2. The van der Waals surface area contributed by atoms with Crippen molar-refractivity contribution in [3.05, 3.63) is 35.9 Å². The summed E-state index contributed by atoms with van der Waals surface area (Å²) in [6.07, 6.45) is 1.36. The van der Waals surface area contributed by atoms with Gasteiger partial charge in [0.05, 0.1) is 5.75 Å². The van der Waals surface area contributed by atoms with E-state index in [0.29, 0.717) is 32.8 Å². The van der Waals surface area contributed by atoms with Crippen molar-refractivity contribution in [2.75, 3.05) is 32.8 Å². The molecule has 0 N–H and O–H groups in total. The normalized spacial score (nSPS) is 23.1. The number of benzene rings is 1. The molecule has 0 unspecified atom stereocenters. The molecule has 3 rings (SSSR count). The first-order chi connectivity index (χ1) is 11.1. The fraction of sp³-hybridized carbons (Fsp3) is 0.562. The molecule has 0 spiro atoms. The Morgan fingerprint density at radius 2 is 1.83 bits per heavy atom. The molecule has 0 saturated carbocycles. The Morgan fingerprint density at radius 1 is 1.13 bits per heavy atom. The van der Waals surface area contributed by atoms with Gasteiger partial charge < -0.3 is 9.64 Å². The molecule has 2 aliphatic heterocycles. The number of sulfonamides is 1. The van der Waals surface area contributed by atoms with Crippen LogP contribution in [0.2, 0.25) is 0 Å². The Balaban J connectivity index is 1.56. The molecule has 1 aromatic rings. The molecule has 6 nitrogen and oxygen atoms in total. The SMILES string of the molecule is O=C([C@@H]1CCCO1)N1CCN(S(=O)(=O)Cc2ccccc2)CC1. The molecule has 1 amide bonds. The smallest absolute Gasteiger partial charge is 0.251 e. The number of carbonyl (C=O) groups is 1. The summed E-state index contributed by atoms with van der Waals surface area (Å²) in [6.45, 7) is 2.22. The zero-order chi connectivity index (χ0) is 16.3. The molecule has 2 aliphatic rings. The van der Waals surface area contributed by atoms with Crippen molar-refractivity contribution in [2.45, 2.75) is 24.7 Å². The topological polar surface area (TPSA) is 66.9 Å². The van der Waals surface area contributed by atoms with Crippen LogP contribution in [-0.2, 0) is 25.3 Å². The standard InChI is InChI=1S/C16H22N2O4S/c19-16(15-7-4-12-22-15)17-8-10-18(11-9-17)23(20,21)13-14-5-2-1-3-6-14/h1-3,5-6,15H,4,7-13H2/t15-/m0/s1. The van der Waals surface area contributed by atoms with Crippen LogP contribution in [0.1, 0.15) is 18.4 Å². The molecule has 0 radical (unpaired) electrons. The minimum atomic E-state index is -3.34. The number of ether oxygens (including phenoxy) is 1. The lowest BCUT2D eigenvalue weighted by atomic mass is 10.2. The van der Waals surface area contributed by atoms with E-state index in [9.17, 15) is 13.2 Å². The van der Waals surface area contributed by atoms with Crippen LogP contribution in [0, 0.1) is 0 Å². The van der Waals surface area contributed by atoms with Gasteiger partial charge in [-0.15, -0.1) is 0 Å². The van der Waals surface area contributed by atoms with E-state index in [1.165, 1.54) is 4.31 Å². The second kappa shape index (κ2) is 6.98. The van der Waals surface area contributed by atoms with Crippen LogP contribution < -0.4 is 0 Å². The second-order valence-corrected chi connectivity index (χ2v) is 7.94. The van der Waals surface area contributed by atoms with Crippen LogP contribution in [0.25, 0.3) is 0 Å². The van der Waals surface area contributed by atoms with Crippen molar-refractivity contribution < 1.29 is 17.9 Å². The Bertz CT molecular complexity index is 633. The van der Waals surface area contributed by atoms with Crippen molar-refractivity contribution in [3.63, 3.8) is 0 Å². The number of amides is 1. The van der Waals surface area contributed by atoms with E-state index in [-0.39, 0.29) is 17.8 Å². The van der Waals surface area contributed by atoms with Crippen molar-refractivity contribution in [3.8, 4) is 0 Å². The molecule has 2 saturated heterocycles. The summed E-state index contributed by atoms with van der Waals surface area (Å²) in [5, 5.41) is 0. The first kappa shape index (κ1) is 16.4.